The third kappa shape index (κ3) is 3.44. The number of nitro groups is 1. The van der Waals surface area contributed by atoms with Crippen molar-refractivity contribution in [2.24, 2.45) is 0 Å². The molecule has 22 heavy (non-hydrogen) atoms. The Labute approximate surface area is 129 Å². The predicted octanol–water partition coefficient (Wildman–Crippen LogP) is 2.25. The second-order valence-corrected chi connectivity index (χ2v) is 5.55. The first kappa shape index (κ1) is 15.6. The fourth-order valence-corrected chi connectivity index (χ4v) is 2.41. The van der Waals surface area contributed by atoms with Crippen LogP contribution in [0.2, 0.25) is 0 Å². The minimum absolute atomic E-state index is 0.0425. The summed E-state index contributed by atoms with van der Waals surface area (Å²) >= 11 is 1.24. The molecule has 1 heterocycles. The quantitative estimate of drug-likeness (QED) is 0.511. The molecule has 0 spiro atoms. The van der Waals surface area contributed by atoms with Gasteiger partial charge in [0, 0.05) is 10.9 Å². The lowest BCUT2D eigenvalue weighted by Crippen LogP contribution is -2.29. The molecule has 0 aliphatic carbocycles. The molecule has 1 aromatic carbocycles. The molecular formula is C13H12N4O4S. The number of aryl methyl sites for hydroxylation is 2. The zero-order valence-corrected chi connectivity index (χ0v) is 12.6. The van der Waals surface area contributed by atoms with Crippen molar-refractivity contribution in [1.29, 1.82) is 0 Å². The standard InChI is InChI=1S/C13H12N4O4S/c1-7-8(2)22-13(14-7)16-12(19)11(18)15-9-5-3-4-6-10(9)17(20)21/h3-6H,1-2H3,(H,15,18)(H,14,16,19). The highest BCUT2D eigenvalue weighted by Crippen LogP contribution is 2.24. The number of hydrogen-bond donors (Lipinski definition) is 2. The molecule has 0 unspecified atom stereocenters. The van der Waals surface area contributed by atoms with Crippen LogP contribution in [0.4, 0.5) is 16.5 Å². The summed E-state index contributed by atoms with van der Waals surface area (Å²) in [7, 11) is 0. The number of para-hydroxylation sites is 2. The van der Waals surface area contributed by atoms with Crippen molar-refractivity contribution >= 4 is 39.7 Å². The summed E-state index contributed by atoms with van der Waals surface area (Å²) in [5.74, 6) is -1.94. The molecule has 2 aromatic rings. The summed E-state index contributed by atoms with van der Waals surface area (Å²) < 4.78 is 0. The van der Waals surface area contributed by atoms with Crippen LogP contribution in [-0.2, 0) is 9.59 Å². The van der Waals surface area contributed by atoms with E-state index in [4.69, 9.17) is 0 Å². The third-order valence-corrected chi connectivity index (χ3v) is 3.79. The van der Waals surface area contributed by atoms with E-state index in [-0.39, 0.29) is 11.4 Å². The lowest BCUT2D eigenvalue weighted by molar-refractivity contribution is -0.383. The Morgan fingerprint density at radius 1 is 1.18 bits per heavy atom. The Bertz CT molecular complexity index is 737. The van der Waals surface area contributed by atoms with Gasteiger partial charge in [-0.15, -0.1) is 11.3 Å². The molecule has 0 radical (unpaired) electrons. The Morgan fingerprint density at radius 3 is 2.41 bits per heavy atom. The Morgan fingerprint density at radius 2 is 1.82 bits per heavy atom. The second-order valence-electron chi connectivity index (χ2n) is 4.34. The van der Waals surface area contributed by atoms with Gasteiger partial charge >= 0.3 is 11.8 Å². The number of carbonyl (C=O) groups is 2. The van der Waals surface area contributed by atoms with Crippen LogP contribution < -0.4 is 10.6 Å². The lowest BCUT2D eigenvalue weighted by atomic mass is 10.2. The summed E-state index contributed by atoms with van der Waals surface area (Å²) in [5, 5.41) is 15.7. The molecule has 0 fully saturated rings. The molecule has 8 nitrogen and oxygen atoms in total. The second kappa shape index (κ2) is 6.31. The Hall–Kier alpha value is -2.81. The van der Waals surface area contributed by atoms with Crippen molar-refractivity contribution in [3.63, 3.8) is 0 Å². The summed E-state index contributed by atoms with van der Waals surface area (Å²) in [6.45, 7) is 3.63. The van der Waals surface area contributed by atoms with Gasteiger partial charge in [-0.3, -0.25) is 25.0 Å². The summed E-state index contributed by atoms with van der Waals surface area (Å²) in [6.07, 6.45) is 0. The van der Waals surface area contributed by atoms with Crippen molar-refractivity contribution in [2.75, 3.05) is 10.6 Å². The Kier molecular flexibility index (Phi) is 4.47. The van der Waals surface area contributed by atoms with E-state index in [0.717, 1.165) is 10.6 Å². The van der Waals surface area contributed by atoms with Crippen molar-refractivity contribution in [3.8, 4) is 0 Å². The number of hydrogen-bond acceptors (Lipinski definition) is 6. The number of nitrogens with zero attached hydrogens (tertiary/aromatic N) is 2. The van der Waals surface area contributed by atoms with Gasteiger partial charge in [0.25, 0.3) is 5.69 Å². The van der Waals surface area contributed by atoms with E-state index in [2.05, 4.69) is 15.6 Å². The molecule has 114 valence electrons. The lowest BCUT2D eigenvalue weighted by Gasteiger charge is -2.05. The molecule has 1 aromatic heterocycles. The number of amides is 2. The molecule has 0 aliphatic heterocycles. The van der Waals surface area contributed by atoms with E-state index in [1.807, 2.05) is 6.92 Å². The first-order chi connectivity index (χ1) is 10.4. The molecule has 0 bridgehead atoms. The minimum Gasteiger partial charge on any atom is -0.312 e. The van der Waals surface area contributed by atoms with Crippen molar-refractivity contribution in [3.05, 3.63) is 45.0 Å². The van der Waals surface area contributed by atoms with Crippen molar-refractivity contribution in [1.82, 2.24) is 4.98 Å². The maximum absolute atomic E-state index is 11.8. The normalized spacial score (nSPS) is 10.1. The molecule has 0 saturated heterocycles. The average Bonchev–Trinajstić information content (AvgIpc) is 2.77. The molecule has 9 heteroatoms. The maximum atomic E-state index is 11.8. The number of aromatic nitrogens is 1. The van der Waals surface area contributed by atoms with Crippen LogP contribution in [0.1, 0.15) is 10.6 Å². The van der Waals surface area contributed by atoms with Gasteiger partial charge in [0.05, 0.1) is 10.6 Å². The number of carbonyl (C=O) groups excluding carboxylic acids is 2. The summed E-state index contributed by atoms with van der Waals surface area (Å²) in [6, 6.07) is 5.57. The van der Waals surface area contributed by atoms with E-state index < -0.39 is 16.7 Å². The zero-order valence-electron chi connectivity index (χ0n) is 11.7. The first-order valence-electron chi connectivity index (χ1n) is 6.18. The smallest absolute Gasteiger partial charge is 0.312 e. The zero-order chi connectivity index (χ0) is 16.3. The molecule has 2 N–H and O–H groups in total. The van der Waals surface area contributed by atoms with Gasteiger partial charge in [0.2, 0.25) is 0 Å². The van der Waals surface area contributed by atoms with Crippen LogP contribution in [0.5, 0.6) is 0 Å². The minimum atomic E-state index is -1.00. The van der Waals surface area contributed by atoms with E-state index in [0.29, 0.717) is 5.13 Å². The highest BCUT2D eigenvalue weighted by Gasteiger charge is 2.20. The molecule has 0 atom stereocenters. The monoisotopic (exact) mass is 320 g/mol. The van der Waals surface area contributed by atoms with E-state index in [1.165, 1.54) is 35.6 Å². The third-order valence-electron chi connectivity index (χ3n) is 2.80. The number of benzene rings is 1. The van der Waals surface area contributed by atoms with Crippen LogP contribution >= 0.6 is 11.3 Å². The number of nitrogens with one attached hydrogen (secondary N) is 2. The van der Waals surface area contributed by atoms with Crippen molar-refractivity contribution < 1.29 is 14.5 Å². The predicted molar refractivity (Wildman–Crippen MR) is 81.9 cm³/mol. The SMILES string of the molecule is Cc1nc(NC(=O)C(=O)Nc2ccccc2[N+](=O)[O-])sc1C. The molecule has 2 amide bonds. The van der Waals surface area contributed by atoms with Gasteiger partial charge in [-0.1, -0.05) is 12.1 Å². The fourth-order valence-electron chi connectivity index (χ4n) is 1.60. The topological polar surface area (TPSA) is 114 Å². The van der Waals surface area contributed by atoms with Gasteiger partial charge in [-0.05, 0) is 19.9 Å². The van der Waals surface area contributed by atoms with E-state index in [9.17, 15) is 19.7 Å². The van der Waals surface area contributed by atoms with E-state index in [1.54, 1.807) is 6.92 Å². The largest absolute Gasteiger partial charge is 0.315 e. The number of rotatable bonds is 3. The van der Waals surface area contributed by atoms with Gasteiger partial charge in [-0.2, -0.15) is 0 Å². The highest BCUT2D eigenvalue weighted by atomic mass is 32.1. The van der Waals surface area contributed by atoms with E-state index >= 15 is 0 Å². The number of anilines is 2. The first-order valence-corrected chi connectivity index (χ1v) is 7.00. The van der Waals surface area contributed by atoms with Crippen molar-refractivity contribution in [2.45, 2.75) is 13.8 Å². The maximum Gasteiger partial charge on any atom is 0.315 e. The highest BCUT2D eigenvalue weighted by molar-refractivity contribution is 7.15. The van der Waals surface area contributed by atoms with Gasteiger partial charge < -0.3 is 5.32 Å². The molecule has 0 saturated carbocycles. The van der Waals surface area contributed by atoms with Gasteiger partial charge in [0.15, 0.2) is 5.13 Å². The number of thiazole rings is 1. The fraction of sp³-hybridized carbons (Fsp3) is 0.154. The average molecular weight is 320 g/mol. The van der Waals surface area contributed by atoms with Crippen LogP contribution in [0.25, 0.3) is 0 Å². The summed E-state index contributed by atoms with van der Waals surface area (Å²) in [4.78, 5) is 38.8. The van der Waals surface area contributed by atoms with Crippen LogP contribution in [0, 0.1) is 24.0 Å². The molecular weight excluding hydrogens is 308 g/mol. The van der Waals surface area contributed by atoms with Gasteiger partial charge in [-0.25, -0.2) is 4.98 Å². The molecule has 2 rings (SSSR count). The molecule has 0 aliphatic rings. The van der Waals surface area contributed by atoms with Crippen LogP contribution in [0.3, 0.4) is 0 Å². The van der Waals surface area contributed by atoms with Crippen LogP contribution in [0.15, 0.2) is 24.3 Å². The summed E-state index contributed by atoms with van der Waals surface area (Å²) in [5.41, 5.74) is 0.433. The Balaban J connectivity index is 2.09. The van der Waals surface area contributed by atoms with Gasteiger partial charge in [0.1, 0.15) is 5.69 Å². The number of nitro benzene ring substituents is 1. The van der Waals surface area contributed by atoms with Crippen LogP contribution in [-0.4, -0.2) is 21.7 Å².